The van der Waals surface area contributed by atoms with Crippen molar-refractivity contribution in [2.24, 2.45) is 5.92 Å². The van der Waals surface area contributed by atoms with Crippen LogP contribution < -0.4 is 10.6 Å². The minimum Gasteiger partial charge on any atom is -0.378 e. The van der Waals surface area contributed by atoms with Gasteiger partial charge in [-0.1, -0.05) is 19.9 Å². The Balaban J connectivity index is 1.46. The van der Waals surface area contributed by atoms with Gasteiger partial charge in [0.2, 0.25) is 0 Å². The second-order valence-corrected chi connectivity index (χ2v) is 6.70. The number of imidazole rings is 1. The molecule has 0 aromatic carbocycles. The minimum atomic E-state index is -0.145. The first-order valence-electron chi connectivity index (χ1n) is 8.71. The van der Waals surface area contributed by atoms with Crippen molar-refractivity contribution in [2.75, 3.05) is 6.61 Å². The lowest BCUT2D eigenvalue weighted by atomic mass is 9.95. The zero-order chi connectivity index (χ0) is 17.6. The van der Waals surface area contributed by atoms with E-state index in [0.29, 0.717) is 19.1 Å². The summed E-state index contributed by atoms with van der Waals surface area (Å²) in [6.45, 7) is 5.44. The third-order valence-electron chi connectivity index (χ3n) is 4.42. The standard InChI is InChI=1S/C18H25N5O2/c1-13(2)16-9-15(5-8-25-16)22-18(24)21-11-14-3-4-17(20-10-14)23-7-6-19-12-23/h3-4,6-7,10,12-13,15-16H,5,8-9,11H2,1-2H3,(H2,21,22,24). The van der Waals surface area contributed by atoms with Crippen LogP contribution >= 0.6 is 0 Å². The highest BCUT2D eigenvalue weighted by Gasteiger charge is 2.25. The number of amides is 2. The van der Waals surface area contributed by atoms with Gasteiger partial charge in [0, 0.05) is 37.8 Å². The number of nitrogens with one attached hydrogen (secondary N) is 2. The molecule has 134 valence electrons. The maximum absolute atomic E-state index is 12.1. The Morgan fingerprint density at radius 2 is 2.32 bits per heavy atom. The maximum Gasteiger partial charge on any atom is 0.315 e. The first-order valence-corrected chi connectivity index (χ1v) is 8.71. The molecule has 1 saturated heterocycles. The Morgan fingerprint density at radius 1 is 1.44 bits per heavy atom. The monoisotopic (exact) mass is 343 g/mol. The highest BCUT2D eigenvalue weighted by Crippen LogP contribution is 2.20. The number of hydrogen-bond acceptors (Lipinski definition) is 4. The average molecular weight is 343 g/mol. The molecule has 0 aliphatic carbocycles. The number of hydrogen-bond donors (Lipinski definition) is 2. The van der Waals surface area contributed by atoms with E-state index in [9.17, 15) is 4.79 Å². The highest BCUT2D eigenvalue weighted by molar-refractivity contribution is 5.74. The molecule has 3 rings (SSSR count). The SMILES string of the molecule is CC(C)C1CC(NC(=O)NCc2ccc(-n3ccnc3)nc2)CCO1. The number of pyridine rings is 1. The van der Waals surface area contributed by atoms with E-state index in [1.807, 2.05) is 22.9 Å². The lowest BCUT2D eigenvalue weighted by Gasteiger charge is -2.32. The predicted molar refractivity (Wildman–Crippen MR) is 94.3 cm³/mol. The van der Waals surface area contributed by atoms with Crippen LogP contribution in [0, 0.1) is 5.92 Å². The number of carbonyl (C=O) groups excluding carboxylic acids is 1. The van der Waals surface area contributed by atoms with Crippen LogP contribution in [0.3, 0.4) is 0 Å². The van der Waals surface area contributed by atoms with E-state index in [1.54, 1.807) is 18.7 Å². The lowest BCUT2D eigenvalue weighted by molar-refractivity contribution is -0.0225. The van der Waals surface area contributed by atoms with Gasteiger partial charge < -0.3 is 15.4 Å². The molecule has 1 aliphatic heterocycles. The first-order chi connectivity index (χ1) is 12.1. The fourth-order valence-electron chi connectivity index (χ4n) is 2.91. The smallest absolute Gasteiger partial charge is 0.315 e. The largest absolute Gasteiger partial charge is 0.378 e. The molecule has 7 nitrogen and oxygen atoms in total. The van der Waals surface area contributed by atoms with Crippen molar-refractivity contribution < 1.29 is 9.53 Å². The van der Waals surface area contributed by atoms with Gasteiger partial charge >= 0.3 is 6.03 Å². The molecule has 7 heteroatoms. The molecule has 2 unspecified atom stereocenters. The summed E-state index contributed by atoms with van der Waals surface area (Å²) in [6, 6.07) is 3.88. The zero-order valence-electron chi connectivity index (χ0n) is 14.7. The third kappa shape index (κ3) is 4.79. The van der Waals surface area contributed by atoms with Crippen molar-refractivity contribution in [3.63, 3.8) is 0 Å². The third-order valence-corrected chi connectivity index (χ3v) is 4.42. The topological polar surface area (TPSA) is 81.1 Å². The van der Waals surface area contributed by atoms with Gasteiger partial charge in [0.1, 0.15) is 12.1 Å². The predicted octanol–water partition coefficient (Wildman–Crippen LogP) is 2.27. The summed E-state index contributed by atoms with van der Waals surface area (Å²) in [4.78, 5) is 20.5. The van der Waals surface area contributed by atoms with Crippen molar-refractivity contribution in [1.82, 2.24) is 25.2 Å². The summed E-state index contributed by atoms with van der Waals surface area (Å²) in [5, 5.41) is 5.94. The molecular formula is C18H25N5O2. The van der Waals surface area contributed by atoms with Crippen LogP contribution in [0.1, 0.15) is 32.3 Å². The Hall–Kier alpha value is -2.41. The van der Waals surface area contributed by atoms with Crippen LogP contribution in [0.5, 0.6) is 0 Å². The number of ether oxygens (including phenoxy) is 1. The van der Waals surface area contributed by atoms with E-state index in [0.717, 1.165) is 24.2 Å². The average Bonchev–Trinajstić information content (AvgIpc) is 3.15. The Bertz CT molecular complexity index is 669. The van der Waals surface area contributed by atoms with Crippen LogP contribution in [-0.4, -0.2) is 39.3 Å². The van der Waals surface area contributed by atoms with E-state index in [1.165, 1.54) is 0 Å². The van der Waals surface area contributed by atoms with E-state index in [-0.39, 0.29) is 18.2 Å². The lowest BCUT2D eigenvalue weighted by Crippen LogP contribution is -2.47. The molecule has 0 saturated carbocycles. The second kappa shape index (κ2) is 8.11. The molecule has 0 bridgehead atoms. The first kappa shape index (κ1) is 17.4. The van der Waals surface area contributed by atoms with Crippen LogP contribution in [0.2, 0.25) is 0 Å². The van der Waals surface area contributed by atoms with Gasteiger partial charge in [0.05, 0.1) is 6.10 Å². The quantitative estimate of drug-likeness (QED) is 0.873. The van der Waals surface area contributed by atoms with Crippen LogP contribution in [0.4, 0.5) is 4.79 Å². The van der Waals surface area contributed by atoms with Crippen molar-refractivity contribution in [1.29, 1.82) is 0 Å². The maximum atomic E-state index is 12.1. The van der Waals surface area contributed by atoms with Gasteiger partial charge in [-0.2, -0.15) is 0 Å². The van der Waals surface area contributed by atoms with Gasteiger partial charge in [-0.3, -0.25) is 4.57 Å². The van der Waals surface area contributed by atoms with Crippen molar-refractivity contribution in [3.8, 4) is 5.82 Å². The number of aromatic nitrogens is 3. The van der Waals surface area contributed by atoms with Gasteiger partial charge in [0.15, 0.2) is 0 Å². The summed E-state index contributed by atoms with van der Waals surface area (Å²) in [5.74, 6) is 1.26. The fourth-order valence-corrected chi connectivity index (χ4v) is 2.91. The van der Waals surface area contributed by atoms with Crippen molar-refractivity contribution in [3.05, 3.63) is 42.6 Å². The molecule has 0 radical (unpaired) electrons. The molecule has 2 aromatic heterocycles. The molecule has 2 N–H and O–H groups in total. The second-order valence-electron chi connectivity index (χ2n) is 6.70. The summed E-state index contributed by atoms with van der Waals surface area (Å²) < 4.78 is 7.57. The van der Waals surface area contributed by atoms with Gasteiger partial charge in [-0.05, 0) is 30.4 Å². The summed E-state index contributed by atoms with van der Waals surface area (Å²) in [7, 11) is 0. The molecule has 2 amide bonds. The van der Waals surface area contributed by atoms with Crippen molar-refractivity contribution >= 4 is 6.03 Å². The molecule has 1 aliphatic rings. The Morgan fingerprint density at radius 3 is 3.00 bits per heavy atom. The molecule has 1 fully saturated rings. The van der Waals surface area contributed by atoms with Crippen LogP contribution in [0.15, 0.2) is 37.1 Å². The fraction of sp³-hybridized carbons (Fsp3) is 0.500. The number of carbonyl (C=O) groups is 1. The minimum absolute atomic E-state index is 0.145. The van der Waals surface area contributed by atoms with Crippen LogP contribution in [0.25, 0.3) is 5.82 Å². The Labute approximate surface area is 147 Å². The highest BCUT2D eigenvalue weighted by atomic mass is 16.5. The van der Waals surface area contributed by atoms with Gasteiger partial charge in [0.25, 0.3) is 0 Å². The number of urea groups is 1. The summed E-state index contributed by atoms with van der Waals surface area (Å²) >= 11 is 0. The number of nitrogens with zero attached hydrogens (tertiary/aromatic N) is 3. The van der Waals surface area contributed by atoms with E-state index in [2.05, 4.69) is 34.4 Å². The summed E-state index contributed by atoms with van der Waals surface area (Å²) in [6.07, 6.45) is 8.96. The normalized spacial score (nSPS) is 20.4. The molecule has 25 heavy (non-hydrogen) atoms. The van der Waals surface area contributed by atoms with Crippen molar-refractivity contribution in [2.45, 2.75) is 45.4 Å². The van der Waals surface area contributed by atoms with Gasteiger partial charge in [-0.25, -0.2) is 14.8 Å². The van der Waals surface area contributed by atoms with E-state index >= 15 is 0 Å². The van der Waals surface area contributed by atoms with E-state index < -0.39 is 0 Å². The molecule has 3 heterocycles. The molecular weight excluding hydrogens is 318 g/mol. The molecule has 2 aromatic rings. The van der Waals surface area contributed by atoms with Gasteiger partial charge in [-0.15, -0.1) is 0 Å². The number of rotatable bonds is 5. The molecule has 0 spiro atoms. The Kier molecular flexibility index (Phi) is 5.65. The van der Waals surface area contributed by atoms with Crippen LogP contribution in [-0.2, 0) is 11.3 Å². The molecule has 2 atom stereocenters. The zero-order valence-corrected chi connectivity index (χ0v) is 14.7. The summed E-state index contributed by atoms with van der Waals surface area (Å²) in [5.41, 5.74) is 0.950. The van der Waals surface area contributed by atoms with E-state index in [4.69, 9.17) is 4.74 Å².